The van der Waals surface area contributed by atoms with Crippen LogP contribution in [0, 0.1) is 6.92 Å². The molecule has 1 aromatic heterocycles. The number of benzene rings is 1. The summed E-state index contributed by atoms with van der Waals surface area (Å²) in [6, 6.07) is 10.3. The van der Waals surface area contributed by atoms with Crippen molar-refractivity contribution in [3.8, 4) is 0 Å². The van der Waals surface area contributed by atoms with E-state index in [4.69, 9.17) is 4.42 Å². The minimum Gasteiger partial charge on any atom is -0.464 e. The molecule has 0 saturated heterocycles. The summed E-state index contributed by atoms with van der Waals surface area (Å²) in [6.45, 7) is 4.90. The fourth-order valence-corrected chi connectivity index (χ4v) is 1.90. The van der Waals surface area contributed by atoms with Gasteiger partial charge in [-0.15, -0.1) is 0 Å². The van der Waals surface area contributed by atoms with E-state index in [-0.39, 0.29) is 0 Å². The normalized spacial score (nSPS) is 10.5. The molecule has 0 bridgehead atoms. The molecule has 1 N–H and O–H groups in total. The molecule has 0 saturated carbocycles. The Morgan fingerprint density at radius 2 is 1.94 bits per heavy atom. The van der Waals surface area contributed by atoms with Crippen molar-refractivity contribution in [3.63, 3.8) is 0 Å². The fraction of sp³-hybridized carbons (Fsp3) is 0.286. The van der Waals surface area contributed by atoms with Crippen molar-refractivity contribution in [3.05, 3.63) is 51.9 Å². The van der Waals surface area contributed by atoms with Gasteiger partial charge in [0.2, 0.25) is 0 Å². The Bertz CT molecular complexity index is 505. The summed E-state index contributed by atoms with van der Waals surface area (Å²) in [6.07, 6.45) is 0.942. The van der Waals surface area contributed by atoms with Crippen molar-refractivity contribution in [1.29, 1.82) is 0 Å². The van der Waals surface area contributed by atoms with E-state index in [1.807, 2.05) is 12.1 Å². The van der Waals surface area contributed by atoms with Crippen molar-refractivity contribution < 1.29 is 4.42 Å². The van der Waals surface area contributed by atoms with Crippen molar-refractivity contribution in [2.45, 2.75) is 26.8 Å². The molecule has 0 spiro atoms. The van der Waals surface area contributed by atoms with Crippen LogP contribution in [0.5, 0.6) is 0 Å². The second-order valence-electron chi connectivity index (χ2n) is 4.04. The van der Waals surface area contributed by atoms with Gasteiger partial charge < -0.3 is 9.73 Å². The zero-order valence-electron chi connectivity index (χ0n) is 10.1. The molecular formula is C14H16BrNO. The zero-order valence-corrected chi connectivity index (χ0v) is 11.7. The average molecular weight is 294 g/mol. The van der Waals surface area contributed by atoms with Crippen LogP contribution in [0.15, 0.2) is 39.2 Å². The van der Waals surface area contributed by atoms with Gasteiger partial charge in [-0.05, 0) is 42.8 Å². The SMILES string of the molecule is CCc1ccc(CNc2ccc(Br)c(C)c2)o1. The number of hydrogen-bond donors (Lipinski definition) is 1. The van der Waals surface area contributed by atoms with Gasteiger partial charge in [0.1, 0.15) is 11.5 Å². The fourth-order valence-electron chi connectivity index (χ4n) is 1.65. The molecule has 17 heavy (non-hydrogen) atoms. The number of hydrogen-bond acceptors (Lipinski definition) is 2. The molecule has 0 fully saturated rings. The molecule has 2 nitrogen and oxygen atoms in total. The number of rotatable bonds is 4. The molecule has 3 heteroatoms. The quantitative estimate of drug-likeness (QED) is 0.896. The number of anilines is 1. The summed E-state index contributed by atoms with van der Waals surface area (Å²) in [7, 11) is 0. The predicted molar refractivity (Wildman–Crippen MR) is 74.3 cm³/mol. The summed E-state index contributed by atoms with van der Waals surface area (Å²) in [5.41, 5.74) is 2.34. The average Bonchev–Trinajstić information content (AvgIpc) is 2.79. The van der Waals surface area contributed by atoms with Crippen LogP contribution in [0.1, 0.15) is 24.0 Å². The maximum atomic E-state index is 5.64. The third-order valence-electron chi connectivity index (χ3n) is 2.69. The van der Waals surface area contributed by atoms with E-state index in [0.29, 0.717) is 0 Å². The van der Waals surface area contributed by atoms with Gasteiger partial charge in [0.25, 0.3) is 0 Å². The summed E-state index contributed by atoms with van der Waals surface area (Å²) in [4.78, 5) is 0. The first-order valence-corrected chi connectivity index (χ1v) is 6.56. The lowest BCUT2D eigenvalue weighted by Gasteiger charge is -2.06. The molecule has 0 amide bonds. The Balaban J connectivity index is 1.99. The number of nitrogens with one attached hydrogen (secondary N) is 1. The number of halogens is 1. The summed E-state index contributed by atoms with van der Waals surface area (Å²) >= 11 is 3.49. The first-order valence-electron chi connectivity index (χ1n) is 5.76. The Hall–Kier alpha value is -1.22. The van der Waals surface area contributed by atoms with Crippen LogP contribution in [-0.4, -0.2) is 0 Å². The van der Waals surface area contributed by atoms with E-state index in [9.17, 15) is 0 Å². The molecule has 0 atom stereocenters. The monoisotopic (exact) mass is 293 g/mol. The maximum absolute atomic E-state index is 5.64. The lowest BCUT2D eigenvalue weighted by Crippen LogP contribution is -1.98. The van der Waals surface area contributed by atoms with Crippen molar-refractivity contribution in [1.82, 2.24) is 0 Å². The summed E-state index contributed by atoms with van der Waals surface area (Å²) in [5.74, 6) is 2.01. The van der Waals surface area contributed by atoms with Crippen LogP contribution in [0.2, 0.25) is 0 Å². The van der Waals surface area contributed by atoms with Gasteiger partial charge in [-0.1, -0.05) is 22.9 Å². The number of furan rings is 1. The molecule has 90 valence electrons. The summed E-state index contributed by atoms with van der Waals surface area (Å²) in [5, 5.41) is 3.35. The van der Waals surface area contributed by atoms with Gasteiger partial charge in [-0.2, -0.15) is 0 Å². The highest BCUT2D eigenvalue weighted by Crippen LogP contribution is 2.20. The second-order valence-corrected chi connectivity index (χ2v) is 4.89. The third-order valence-corrected chi connectivity index (χ3v) is 3.58. The van der Waals surface area contributed by atoms with Crippen LogP contribution in [0.4, 0.5) is 5.69 Å². The predicted octanol–water partition coefficient (Wildman–Crippen LogP) is 4.53. The van der Waals surface area contributed by atoms with E-state index < -0.39 is 0 Å². The van der Waals surface area contributed by atoms with Gasteiger partial charge in [0, 0.05) is 16.6 Å². The first-order chi connectivity index (χ1) is 8.19. The Morgan fingerprint density at radius 1 is 1.18 bits per heavy atom. The third kappa shape index (κ3) is 3.13. The molecule has 2 rings (SSSR count). The smallest absolute Gasteiger partial charge is 0.123 e. The minimum atomic E-state index is 0.723. The lowest BCUT2D eigenvalue weighted by atomic mass is 10.2. The Kier molecular flexibility index (Phi) is 3.89. The first kappa shape index (κ1) is 12.2. The molecule has 0 aliphatic heterocycles. The minimum absolute atomic E-state index is 0.723. The number of aryl methyl sites for hydroxylation is 2. The van der Waals surface area contributed by atoms with Crippen LogP contribution >= 0.6 is 15.9 Å². The van der Waals surface area contributed by atoms with Crippen molar-refractivity contribution >= 4 is 21.6 Å². The molecule has 0 unspecified atom stereocenters. The molecule has 0 aliphatic carbocycles. The van der Waals surface area contributed by atoms with Crippen molar-refractivity contribution in [2.24, 2.45) is 0 Å². The Labute approximate surface area is 110 Å². The van der Waals surface area contributed by atoms with E-state index in [1.54, 1.807) is 0 Å². The van der Waals surface area contributed by atoms with Gasteiger partial charge in [-0.25, -0.2) is 0 Å². The molecular weight excluding hydrogens is 278 g/mol. The van der Waals surface area contributed by atoms with Gasteiger partial charge in [0.05, 0.1) is 6.54 Å². The van der Waals surface area contributed by atoms with E-state index >= 15 is 0 Å². The highest BCUT2D eigenvalue weighted by molar-refractivity contribution is 9.10. The van der Waals surface area contributed by atoms with Crippen LogP contribution in [-0.2, 0) is 13.0 Å². The molecule has 1 aromatic carbocycles. The maximum Gasteiger partial charge on any atom is 0.123 e. The van der Waals surface area contributed by atoms with E-state index in [0.717, 1.165) is 34.6 Å². The summed E-state index contributed by atoms with van der Waals surface area (Å²) < 4.78 is 6.77. The molecule has 0 radical (unpaired) electrons. The second kappa shape index (κ2) is 5.41. The van der Waals surface area contributed by atoms with E-state index in [2.05, 4.69) is 53.3 Å². The zero-order chi connectivity index (χ0) is 12.3. The highest BCUT2D eigenvalue weighted by atomic mass is 79.9. The van der Waals surface area contributed by atoms with Crippen molar-refractivity contribution in [2.75, 3.05) is 5.32 Å². The largest absolute Gasteiger partial charge is 0.464 e. The van der Waals surface area contributed by atoms with Gasteiger partial charge >= 0.3 is 0 Å². The standard InChI is InChI=1S/C14H16BrNO/c1-3-12-5-6-13(17-12)9-16-11-4-7-14(15)10(2)8-11/h4-8,16H,3,9H2,1-2H3. The topological polar surface area (TPSA) is 25.2 Å². The molecule has 0 aliphatic rings. The molecule has 2 aromatic rings. The van der Waals surface area contributed by atoms with Gasteiger partial charge in [-0.3, -0.25) is 0 Å². The van der Waals surface area contributed by atoms with E-state index in [1.165, 1.54) is 5.56 Å². The van der Waals surface area contributed by atoms with Crippen LogP contribution in [0.3, 0.4) is 0 Å². The highest BCUT2D eigenvalue weighted by Gasteiger charge is 2.01. The van der Waals surface area contributed by atoms with Crippen LogP contribution < -0.4 is 5.32 Å². The molecule has 1 heterocycles. The lowest BCUT2D eigenvalue weighted by molar-refractivity contribution is 0.476. The van der Waals surface area contributed by atoms with Gasteiger partial charge in [0.15, 0.2) is 0 Å². The Morgan fingerprint density at radius 3 is 2.59 bits per heavy atom. The van der Waals surface area contributed by atoms with Crippen LogP contribution in [0.25, 0.3) is 0 Å².